The minimum atomic E-state index is -0.531. The fourth-order valence-electron chi connectivity index (χ4n) is 1.57. The molecule has 3 N–H and O–H groups in total. The summed E-state index contributed by atoms with van der Waals surface area (Å²) in [5.74, 6) is -0.0270. The summed E-state index contributed by atoms with van der Waals surface area (Å²) in [7, 11) is 1.57. The van der Waals surface area contributed by atoms with Gasteiger partial charge in [0.25, 0.3) is 0 Å². The van der Waals surface area contributed by atoms with Crippen molar-refractivity contribution in [1.82, 2.24) is 10.6 Å². The molecule has 0 aliphatic carbocycles. The van der Waals surface area contributed by atoms with Crippen LogP contribution in [0.1, 0.15) is 6.92 Å². The standard InChI is InChI=1S/C14H20ClN3O4/c1-3-16-14(20)18-12(19)9-17-11-6-4-5-10(15)13(11)22-8-7-21-2/h4-6,17H,3,7-9H2,1-2H3,(H2,16,18,19,20). The molecule has 0 saturated heterocycles. The van der Waals surface area contributed by atoms with Gasteiger partial charge in [-0.2, -0.15) is 0 Å². The lowest BCUT2D eigenvalue weighted by Crippen LogP contribution is -2.41. The van der Waals surface area contributed by atoms with Gasteiger partial charge in [0.1, 0.15) is 6.61 Å². The second-order valence-electron chi connectivity index (χ2n) is 4.22. The third-order valence-corrected chi connectivity index (χ3v) is 2.83. The normalized spacial score (nSPS) is 9.95. The molecule has 0 unspecified atom stereocenters. The van der Waals surface area contributed by atoms with E-state index in [1.54, 1.807) is 32.2 Å². The van der Waals surface area contributed by atoms with E-state index >= 15 is 0 Å². The molecule has 7 nitrogen and oxygen atoms in total. The molecule has 1 aromatic rings. The van der Waals surface area contributed by atoms with Crippen LogP contribution in [0, 0.1) is 0 Å². The number of benzene rings is 1. The number of para-hydroxylation sites is 1. The fourth-order valence-corrected chi connectivity index (χ4v) is 1.80. The highest BCUT2D eigenvalue weighted by Gasteiger charge is 2.11. The lowest BCUT2D eigenvalue weighted by atomic mass is 10.3. The number of nitrogens with one attached hydrogen (secondary N) is 3. The quantitative estimate of drug-likeness (QED) is 0.631. The van der Waals surface area contributed by atoms with Gasteiger partial charge in [0.05, 0.1) is 23.9 Å². The first-order valence-electron chi connectivity index (χ1n) is 6.80. The van der Waals surface area contributed by atoms with Crippen LogP contribution in [0.3, 0.4) is 0 Å². The van der Waals surface area contributed by atoms with E-state index in [1.165, 1.54) is 0 Å². The molecule has 0 bridgehead atoms. The first-order valence-corrected chi connectivity index (χ1v) is 7.18. The van der Waals surface area contributed by atoms with E-state index in [9.17, 15) is 9.59 Å². The molecule has 22 heavy (non-hydrogen) atoms. The molecular formula is C14H20ClN3O4. The largest absolute Gasteiger partial charge is 0.487 e. The molecule has 0 atom stereocenters. The molecule has 0 aliphatic rings. The summed E-state index contributed by atoms with van der Waals surface area (Å²) in [6, 6.07) is 4.61. The predicted molar refractivity (Wildman–Crippen MR) is 84.5 cm³/mol. The van der Waals surface area contributed by atoms with Gasteiger partial charge in [-0.15, -0.1) is 0 Å². The van der Waals surface area contributed by atoms with Gasteiger partial charge in [0, 0.05) is 13.7 Å². The van der Waals surface area contributed by atoms with Crippen molar-refractivity contribution in [2.45, 2.75) is 6.92 Å². The number of methoxy groups -OCH3 is 1. The zero-order valence-corrected chi connectivity index (χ0v) is 13.3. The molecule has 0 heterocycles. The van der Waals surface area contributed by atoms with Crippen LogP contribution in [0.4, 0.5) is 10.5 Å². The highest BCUT2D eigenvalue weighted by Crippen LogP contribution is 2.32. The highest BCUT2D eigenvalue weighted by molar-refractivity contribution is 6.32. The number of rotatable bonds is 8. The number of imide groups is 1. The number of hydrogen-bond acceptors (Lipinski definition) is 5. The molecule has 0 aliphatic heterocycles. The molecule has 3 amide bonds. The van der Waals surface area contributed by atoms with E-state index in [1.807, 2.05) is 0 Å². The Bertz CT molecular complexity index is 511. The third-order valence-electron chi connectivity index (χ3n) is 2.53. The average molecular weight is 330 g/mol. The van der Waals surface area contributed by atoms with Gasteiger partial charge in [-0.05, 0) is 19.1 Å². The zero-order chi connectivity index (χ0) is 16.4. The smallest absolute Gasteiger partial charge is 0.321 e. The summed E-state index contributed by atoms with van der Waals surface area (Å²) in [5.41, 5.74) is 0.564. The number of carbonyl (C=O) groups excluding carboxylic acids is 2. The molecule has 0 saturated carbocycles. The molecule has 8 heteroatoms. The first-order chi connectivity index (χ1) is 10.6. The summed E-state index contributed by atoms with van der Waals surface area (Å²) < 4.78 is 10.4. The van der Waals surface area contributed by atoms with Crippen LogP contribution < -0.4 is 20.7 Å². The van der Waals surface area contributed by atoms with E-state index in [2.05, 4.69) is 16.0 Å². The Labute approximate surface area is 134 Å². The summed E-state index contributed by atoms with van der Waals surface area (Å²) in [6.07, 6.45) is 0. The number of amides is 3. The lowest BCUT2D eigenvalue weighted by molar-refractivity contribution is -0.118. The van der Waals surface area contributed by atoms with Crippen LogP contribution in [0.2, 0.25) is 5.02 Å². The first kappa shape index (κ1) is 18.1. The summed E-state index contributed by atoms with van der Waals surface area (Å²) >= 11 is 6.08. The van der Waals surface area contributed by atoms with Crippen LogP contribution in [0.15, 0.2) is 18.2 Å². The highest BCUT2D eigenvalue weighted by atomic mass is 35.5. The summed E-state index contributed by atoms with van der Waals surface area (Å²) in [5, 5.41) is 7.97. The Balaban J connectivity index is 2.59. The summed E-state index contributed by atoms with van der Waals surface area (Å²) in [6.45, 7) is 2.87. The van der Waals surface area contributed by atoms with Crippen LogP contribution in [-0.4, -0.2) is 45.4 Å². The van der Waals surface area contributed by atoms with Crippen LogP contribution in [0.25, 0.3) is 0 Å². The van der Waals surface area contributed by atoms with Gasteiger partial charge in [-0.25, -0.2) is 4.79 Å². The van der Waals surface area contributed by atoms with Gasteiger partial charge >= 0.3 is 6.03 Å². The monoisotopic (exact) mass is 329 g/mol. The van der Waals surface area contributed by atoms with Gasteiger partial charge in [-0.1, -0.05) is 17.7 Å². The zero-order valence-electron chi connectivity index (χ0n) is 12.6. The van der Waals surface area contributed by atoms with Crippen molar-refractivity contribution in [3.63, 3.8) is 0 Å². The third kappa shape index (κ3) is 6.19. The second-order valence-corrected chi connectivity index (χ2v) is 4.63. The number of urea groups is 1. The van der Waals surface area contributed by atoms with Gasteiger partial charge < -0.3 is 20.1 Å². The Hall–Kier alpha value is -1.99. The predicted octanol–water partition coefficient (Wildman–Crippen LogP) is 1.62. The van der Waals surface area contributed by atoms with Crippen molar-refractivity contribution in [2.75, 3.05) is 38.7 Å². The molecule has 122 valence electrons. The second kappa shape index (κ2) is 9.86. The maximum atomic E-state index is 11.6. The molecule has 1 rings (SSSR count). The van der Waals surface area contributed by atoms with E-state index in [-0.39, 0.29) is 6.54 Å². The number of anilines is 1. The number of halogens is 1. The topological polar surface area (TPSA) is 88.7 Å². The van der Waals surface area contributed by atoms with Crippen molar-refractivity contribution in [2.24, 2.45) is 0 Å². The maximum absolute atomic E-state index is 11.6. The number of hydrogen-bond donors (Lipinski definition) is 3. The van der Waals surface area contributed by atoms with Gasteiger partial charge in [-0.3, -0.25) is 10.1 Å². The Morgan fingerprint density at radius 2 is 2.05 bits per heavy atom. The van der Waals surface area contributed by atoms with Crippen molar-refractivity contribution in [1.29, 1.82) is 0 Å². The van der Waals surface area contributed by atoms with E-state index in [4.69, 9.17) is 21.1 Å². The molecule has 1 aromatic carbocycles. The van der Waals surface area contributed by atoms with Gasteiger partial charge in [0.2, 0.25) is 5.91 Å². The molecule has 0 fully saturated rings. The molecular weight excluding hydrogens is 310 g/mol. The lowest BCUT2D eigenvalue weighted by Gasteiger charge is -2.14. The fraction of sp³-hybridized carbons (Fsp3) is 0.429. The van der Waals surface area contributed by atoms with Crippen LogP contribution in [0.5, 0.6) is 5.75 Å². The van der Waals surface area contributed by atoms with Crippen LogP contribution in [-0.2, 0) is 9.53 Å². The van der Waals surface area contributed by atoms with Crippen molar-refractivity contribution in [3.8, 4) is 5.75 Å². The van der Waals surface area contributed by atoms with Crippen molar-refractivity contribution < 1.29 is 19.1 Å². The Kier molecular flexibility index (Phi) is 8.09. The SMILES string of the molecule is CCNC(=O)NC(=O)CNc1cccc(Cl)c1OCCOC. The molecule has 0 radical (unpaired) electrons. The van der Waals surface area contributed by atoms with E-state index in [0.717, 1.165) is 0 Å². The van der Waals surface area contributed by atoms with Gasteiger partial charge in [0.15, 0.2) is 5.75 Å². The minimum Gasteiger partial charge on any atom is -0.487 e. The number of ether oxygens (including phenoxy) is 2. The van der Waals surface area contributed by atoms with Crippen molar-refractivity contribution >= 4 is 29.2 Å². The molecule has 0 aromatic heterocycles. The molecule has 0 spiro atoms. The van der Waals surface area contributed by atoms with E-state index in [0.29, 0.717) is 36.2 Å². The Morgan fingerprint density at radius 3 is 2.73 bits per heavy atom. The van der Waals surface area contributed by atoms with E-state index < -0.39 is 11.9 Å². The number of carbonyl (C=O) groups is 2. The van der Waals surface area contributed by atoms with Crippen molar-refractivity contribution in [3.05, 3.63) is 23.2 Å². The minimum absolute atomic E-state index is 0.0852. The van der Waals surface area contributed by atoms with Crippen LogP contribution >= 0.6 is 11.6 Å². The summed E-state index contributed by atoms with van der Waals surface area (Å²) in [4.78, 5) is 22.9. The Morgan fingerprint density at radius 1 is 1.27 bits per heavy atom. The average Bonchev–Trinajstić information content (AvgIpc) is 2.47. The maximum Gasteiger partial charge on any atom is 0.321 e.